The monoisotopic (exact) mass is 407 g/mol. The van der Waals surface area contributed by atoms with Gasteiger partial charge in [0.2, 0.25) is 0 Å². The first-order valence-electron chi connectivity index (χ1n) is 10.2. The molecular formula is C24H25NO5. The van der Waals surface area contributed by atoms with Crippen LogP contribution in [0.4, 0.5) is 0 Å². The Hall–Kier alpha value is -3.12. The number of amides is 1. The largest absolute Gasteiger partial charge is 0.494 e. The Morgan fingerprint density at radius 3 is 2.70 bits per heavy atom. The lowest BCUT2D eigenvalue weighted by Gasteiger charge is -2.41. The molecule has 2 aromatic carbocycles. The van der Waals surface area contributed by atoms with Crippen molar-refractivity contribution < 1.29 is 19.1 Å². The summed E-state index contributed by atoms with van der Waals surface area (Å²) >= 11 is 0. The Morgan fingerprint density at radius 2 is 1.90 bits per heavy atom. The van der Waals surface area contributed by atoms with Crippen molar-refractivity contribution in [2.75, 3.05) is 26.3 Å². The van der Waals surface area contributed by atoms with Gasteiger partial charge in [-0.25, -0.2) is 4.79 Å². The molecular weight excluding hydrogens is 382 g/mol. The molecule has 4 rings (SSSR count). The van der Waals surface area contributed by atoms with Crippen LogP contribution in [0.1, 0.15) is 29.6 Å². The van der Waals surface area contributed by atoms with Crippen LogP contribution in [0.5, 0.6) is 5.75 Å². The van der Waals surface area contributed by atoms with Gasteiger partial charge in [0.1, 0.15) is 16.9 Å². The van der Waals surface area contributed by atoms with Crippen molar-refractivity contribution in [3.63, 3.8) is 0 Å². The lowest BCUT2D eigenvalue weighted by molar-refractivity contribution is 0.0154. The van der Waals surface area contributed by atoms with Crippen LogP contribution in [0.3, 0.4) is 0 Å². The highest BCUT2D eigenvalue weighted by molar-refractivity contribution is 5.96. The summed E-state index contributed by atoms with van der Waals surface area (Å²) in [5.41, 5.74) is -0.588. The summed E-state index contributed by atoms with van der Waals surface area (Å²) in [7, 11) is 0. The molecule has 3 aromatic rings. The van der Waals surface area contributed by atoms with Crippen LogP contribution in [-0.4, -0.2) is 42.2 Å². The van der Waals surface area contributed by atoms with Gasteiger partial charge in [-0.05, 0) is 43.5 Å². The van der Waals surface area contributed by atoms with E-state index in [4.69, 9.17) is 9.15 Å². The van der Waals surface area contributed by atoms with Crippen molar-refractivity contribution in [3.05, 3.63) is 76.6 Å². The normalized spacial score (nSPS) is 19.0. The zero-order valence-corrected chi connectivity index (χ0v) is 16.8. The second kappa shape index (κ2) is 8.71. The maximum atomic E-state index is 13.1. The van der Waals surface area contributed by atoms with Gasteiger partial charge in [-0.1, -0.05) is 36.4 Å². The number of piperidine rings is 1. The van der Waals surface area contributed by atoms with Crippen LogP contribution in [0.15, 0.2) is 69.9 Å². The number of para-hydroxylation sites is 2. The molecule has 1 atom stereocenters. The lowest BCUT2D eigenvalue weighted by atomic mass is 9.78. The van der Waals surface area contributed by atoms with Gasteiger partial charge in [-0.2, -0.15) is 0 Å². The highest BCUT2D eigenvalue weighted by Crippen LogP contribution is 2.34. The van der Waals surface area contributed by atoms with Gasteiger partial charge in [0, 0.05) is 23.9 Å². The highest BCUT2D eigenvalue weighted by Gasteiger charge is 2.37. The molecule has 0 aliphatic carbocycles. The molecule has 30 heavy (non-hydrogen) atoms. The smallest absolute Gasteiger partial charge is 0.349 e. The van der Waals surface area contributed by atoms with Crippen molar-refractivity contribution in [1.82, 2.24) is 4.90 Å². The van der Waals surface area contributed by atoms with Gasteiger partial charge < -0.3 is 19.2 Å². The summed E-state index contributed by atoms with van der Waals surface area (Å²) in [6, 6.07) is 18.3. The fourth-order valence-corrected chi connectivity index (χ4v) is 4.08. The SMILES string of the molecule is O=C(c1cc2ccccc2oc1=O)N1CCC[C@](CO)(CCOc2ccccc2)C1. The summed E-state index contributed by atoms with van der Waals surface area (Å²) in [5, 5.41) is 10.8. The van der Waals surface area contributed by atoms with Crippen molar-refractivity contribution in [2.24, 2.45) is 5.41 Å². The number of carbonyl (C=O) groups is 1. The zero-order valence-electron chi connectivity index (χ0n) is 16.8. The number of aliphatic hydroxyl groups excluding tert-OH is 1. The molecule has 1 aliphatic heterocycles. The van der Waals surface area contributed by atoms with Gasteiger partial charge in [-0.3, -0.25) is 4.79 Å². The number of likely N-dealkylation sites (tertiary alicyclic amines) is 1. The minimum absolute atomic E-state index is 0.0305. The Bertz CT molecular complexity index is 1080. The van der Waals surface area contributed by atoms with E-state index >= 15 is 0 Å². The average molecular weight is 407 g/mol. The van der Waals surface area contributed by atoms with Crippen molar-refractivity contribution >= 4 is 16.9 Å². The summed E-state index contributed by atoms with van der Waals surface area (Å²) in [4.78, 5) is 27.2. The second-order valence-electron chi connectivity index (χ2n) is 7.89. The summed E-state index contributed by atoms with van der Waals surface area (Å²) < 4.78 is 11.1. The highest BCUT2D eigenvalue weighted by atomic mass is 16.5. The molecule has 1 aliphatic rings. The van der Waals surface area contributed by atoms with E-state index in [0.717, 1.165) is 18.6 Å². The topological polar surface area (TPSA) is 80.0 Å². The van der Waals surface area contributed by atoms with E-state index in [1.165, 1.54) is 0 Å². The molecule has 0 unspecified atom stereocenters. The van der Waals surface area contributed by atoms with E-state index in [1.807, 2.05) is 42.5 Å². The molecule has 1 amide bonds. The molecule has 1 N–H and O–H groups in total. The Kier molecular flexibility index (Phi) is 5.86. The van der Waals surface area contributed by atoms with Crippen LogP contribution >= 0.6 is 0 Å². The average Bonchev–Trinajstić information content (AvgIpc) is 2.79. The van der Waals surface area contributed by atoms with Crippen LogP contribution < -0.4 is 10.4 Å². The third kappa shape index (κ3) is 4.24. The maximum Gasteiger partial charge on any atom is 0.349 e. The molecule has 0 bridgehead atoms. The summed E-state index contributed by atoms with van der Waals surface area (Å²) in [6.07, 6.45) is 2.18. The first-order chi connectivity index (χ1) is 14.6. The number of ether oxygens (including phenoxy) is 1. The van der Waals surface area contributed by atoms with E-state index in [0.29, 0.717) is 37.1 Å². The number of rotatable bonds is 6. The fourth-order valence-electron chi connectivity index (χ4n) is 4.08. The number of hydrogen-bond donors (Lipinski definition) is 1. The zero-order chi connectivity index (χ0) is 21.0. The predicted octanol–water partition coefficient (Wildman–Crippen LogP) is 3.48. The van der Waals surface area contributed by atoms with E-state index in [2.05, 4.69) is 0 Å². The van der Waals surface area contributed by atoms with Gasteiger partial charge in [0.25, 0.3) is 5.91 Å². The van der Waals surface area contributed by atoms with Gasteiger partial charge >= 0.3 is 5.63 Å². The number of benzene rings is 2. The quantitative estimate of drug-likeness (QED) is 0.633. The third-order valence-corrected chi connectivity index (χ3v) is 5.80. The van der Waals surface area contributed by atoms with Gasteiger partial charge in [0.05, 0.1) is 13.2 Å². The van der Waals surface area contributed by atoms with E-state index in [9.17, 15) is 14.7 Å². The van der Waals surface area contributed by atoms with E-state index in [1.54, 1.807) is 23.1 Å². The molecule has 1 fully saturated rings. The molecule has 1 saturated heterocycles. The molecule has 0 saturated carbocycles. The standard InChI is InChI=1S/C24H25NO5/c26-17-24(12-14-29-19-8-2-1-3-9-19)11-6-13-25(16-24)22(27)20-15-18-7-4-5-10-21(18)30-23(20)28/h1-5,7-10,15,26H,6,11-14,16-17H2/t24-/m0/s1. The van der Waals surface area contributed by atoms with Crippen molar-refractivity contribution in [3.8, 4) is 5.75 Å². The number of aliphatic hydroxyl groups is 1. The van der Waals surface area contributed by atoms with Gasteiger partial charge in [0.15, 0.2) is 0 Å². The molecule has 156 valence electrons. The molecule has 0 radical (unpaired) electrons. The Balaban J connectivity index is 1.48. The van der Waals surface area contributed by atoms with Crippen molar-refractivity contribution in [1.29, 1.82) is 0 Å². The van der Waals surface area contributed by atoms with Crippen LogP contribution in [-0.2, 0) is 0 Å². The minimum Gasteiger partial charge on any atom is -0.494 e. The number of carbonyl (C=O) groups excluding carboxylic acids is 1. The fraction of sp³-hybridized carbons (Fsp3) is 0.333. The van der Waals surface area contributed by atoms with Crippen molar-refractivity contribution in [2.45, 2.75) is 19.3 Å². The first kappa shape index (κ1) is 20.2. The molecule has 6 heteroatoms. The Labute approximate surface area is 174 Å². The minimum atomic E-state index is -0.633. The van der Waals surface area contributed by atoms with E-state index < -0.39 is 11.0 Å². The first-order valence-corrected chi connectivity index (χ1v) is 10.2. The van der Waals surface area contributed by atoms with Crippen LogP contribution in [0.2, 0.25) is 0 Å². The second-order valence-corrected chi connectivity index (χ2v) is 7.89. The number of hydrogen-bond acceptors (Lipinski definition) is 5. The molecule has 1 aromatic heterocycles. The van der Waals surface area contributed by atoms with Gasteiger partial charge in [-0.15, -0.1) is 0 Å². The Morgan fingerprint density at radius 1 is 1.13 bits per heavy atom. The summed E-state index contributed by atoms with van der Waals surface area (Å²) in [6.45, 7) is 1.34. The maximum absolute atomic E-state index is 13.1. The molecule has 2 heterocycles. The van der Waals surface area contributed by atoms with Crippen LogP contribution in [0, 0.1) is 5.41 Å². The predicted molar refractivity (Wildman–Crippen MR) is 114 cm³/mol. The third-order valence-electron chi connectivity index (χ3n) is 5.80. The molecule has 0 spiro atoms. The summed E-state index contributed by atoms with van der Waals surface area (Å²) in [5.74, 6) is 0.430. The lowest BCUT2D eigenvalue weighted by Crippen LogP contribution is -2.49. The van der Waals surface area contributed by atoms with Crippen LogP contribution in [0.25, 0.3) is 11.0 Å². The number of nitrogens with zero attached hydrogens (tertiary/aromatic N) is 1. The molecule has 6 nitrogen and oxygen atoms in total. The number of fused-ring (bicyclic) bond motifs is 1. The van der Waals surface area contributed by atoms with E-state index in [-0.39, 0.29) is 18.1 Å².